The van der Waals surface area contributed by atoms with Crippen LogP contribution < -0.4 is 4.74 Å². The number of nitriles is 1. The van der Waals surface area contributed by atoms with E-state index in [0.29, 0.717) is 23.3 Å². The summed E-state index contributed by atoms with van der Waals surface area (Å²) in [6, 6.07) is 5.36. The van der Waals surface area contributed by atoms with Crippen molar-refractivity contribution in [2.75, 3.05) is 0 Å². The molecule has 0 atom stereocenters. The zero-order valence-electron chi connectivity index (χ0n) is 12.7. The van der Waals surface area contributed by atoms with Gasteiger partial charge in [-0.3, -0.25) is 0 Å². The van der Waals surface area contributed by atoms with Gasteiger partial charge >= 0.3 is 6.18 Å². The number of hydrogen-bond acceptors (Lipinski definition) is 4. The van der Waals surface area contributed by atoms with Crippen LogP contribution in [0.3, 0.4) is 0 Å². The third-order valence-corrected chi connectivity index (χ3v) is 4.61. The molecule has 1 aliphatic rings. The maximum absolute atomic E-state index is 12.9. The minimum Gasteiger partial charge on any atom is -0.486 e. The van der Waals surface area contributed by atoms with Gasteiger partial charge in [-0.15, -0.1) is 11.3 Å². The third kappa shape index (κ3) is 2.79. The molecule has 2 aromatic rings. The molecule has 0 amide bonds. The van der Waals surface area contributed by atoms with Crippen LogP contribution in [0.5, 0.6) is 5.75 Å². The summed E-state index contributed by atoms with van der Waals surface area (Å²) in [7, 11) is 0. The Hall–Kier alpha value is -2.07. The fourth-order valence-corrected chi connectivity index (χ4v) is 3.62. The molecule has 0 saturated carbocycles. The Morgan fingerprint density at radius 3 is 2.61 bits per heavy atom. The van der Waals surface area contributed by atoms with Gasteiger partial charge in [-0.1, -0.05) is 0 Å². The van der Waals surface area contributed by atoms with Crippen LogP contribution in [-0.2, 0) is 12.6 Å². The second kappa shape index (κ2) is 4.96. The van der Waals surface area contributed by atoms with Gasteiger partial charge in [-0.05, 0) is 32.9 Å². The van der Waals surface area contributed by atoms with Crippen molar-refractivity contribution in [3.8, 4) is 22.4 Å². The fourth-order valence-electron chi connectivity index (χ4n) is 2.70. The molecule has 0 saturated heterocycles. The average molecular weight is 338 g/mol. The lowest BCUT2D eigenvalue weighted by molar-refractivity contribution is -0.141. The van der Waals surface area contributed by atoms with Gasteiger partial charge in [-0.25, -0.2) is 4.98 Å². The molecule has 0 radical (unpaired) electrons. The molecule has 0 bridgehead atoms. The number of rotatable bonds is 1. The van der Waals surface area contributed by atoms with E-state index in [2.05, 4.69) is 11.1 Å². The molecular formula is C16H13F3N2OS. The van der Waals surface area contributed by atoms with Crippen molar-refractivity contribution in [1.82, 2.24) is 4.98 Å². The number of nitrogens with zero attached hydrogens (tertiary/aromatic N) is 2. The molecule has 3 nitrogen and oxygen atoms in total. The Morgan fingerprint density at radius 1 is 1.35 bits per heavy atom. The highest BCUT2D eigenvalue weighted by atomic mass is 32.1. The summed E-state index contributed by atoms with van der Waals surface area (Å²) in [4.78, 5) is 3.85. The van der Waals surface area contributed by atoms with Gasteiger partial charge in [0.2, 0.25) is 0 Å². The number of halogens is 3. The molecule has 1 aliphatic heterocycles. The number of fused-ring (bicyclic) bond motifs is 1. The summed E-state index contributed by atoms with van der Waals surface area (Å²) in [5, 5.41) is 9.57. The summed E-state index contributed by atoms with van der Waals surface area (Å²) >= 11 is 0.978. The molecule has 2 heterocycles. The lowest BCUT2D eigenvalue weighted by Crippen LogP contribution is -2.24. The Balaban J connectivity index is 2.12. The quantitative estimate of drug-likeness (QED) is 0.755. The van der Waals surface area contributed by atoms with Crippen LogP contribution in [0.2, 0.25) is 0 Å². The van der Waals surface area contributed by atoms with Crippen LogP contribution in [0.25, 0.3) is 10.6 Å². The number of benzene rings is 1. The van der Waals surface area contributed by atoms with Crippen LogP contribution in [0, 0.1) is 18.3 Å². The van der Waals surface area contributed by atoms with Gasteiger partial charge in [0.25, 0.3) is 0 Å². The smallest absolute Gasteiger partial charge is 0.434 e. The number of hydrogen-bond donors (Lipinski definition) is 0. The molecule has 1 aromatic heterocycles. The molecule has 23 heavy (non-hydrogen) atoms. The average Bonchev–Trinajstić information content (AvgIpc) is 2.95. The summed E-state index contributed by atoms with van der Waals surface area (Å²) in [6.07, 6.45) is -3.87. The van der Waals surface area contributed by atoms with Crippen molar-refractivity contribution in [2.24, 2.45) is 0 Å². The van der Waals surface area contributed by atoms with Crippen molar-refractivity contribution in [3.05, 3.63) is 33.8 Å². The molecule has 0 spiro atoms. The highest BCUT2D eigenvalue weighted by Crippen LogP contribution is 2.42. The second-order valence-corrected chi connectivity index (χ2v) is 7.29. The van der Waals surface area contributed by atoms with Gasteiger partial charge in [0.05, 0.1) is 5.56 Å². The van der Waals surface area contributed by atoms with E-state index in [1.807, 2.05) is 13.8 Å². The SMILES string of the molecule is Cc1sc(-c2cc(C#N)c3c(c2)CC(C)(C)O3)nc1C(F)(F)F. The van der Waals surface area contributed by atoms with Crippen molar-refractivity contribution in [3.63, 3.8) is 0 Å². The van der Waals surface area contributed by atoms with Crippen molar-refractivity contribution < 1.29 is 17.9 Å². The lowest BCUT2D eigenvalue weighted by Gasteiger charge is -2.17. The van der Waals surface area contributed by atoms with Crippen LogP contribution >= 0.6 is 11.3 Å². The Kier molecular flexibility index (Phi) is 3.41. The summed E-state index contributed by atoms with van der Waals surface area (Å²) in [5.41, 5.74) is 0.371. The molecule has 7 heteroatoms. The summed E-state index contributed by atoms with van der Waals surface area (Å²) < 4.78 is 44.5. The maximum atomic E-state index is 12.9. The zero-order valence-corrected chi connectivity index (χ0v) is 13.5. The second-order valence-electron chi connectivity index (χ2n) is 6.08. The topological polar surface area (TPSA) is 45.9 Å². The van der Waals surface area contributed by atoms with Crippen molar-refractivity contribution >= 4 is 11.3 Å². The van der Waals surface area contributed by atoms with Gasteiger partial charge in [0.1, 0.15) is 22.4 Å². The number of thiazole rings is 1. The number of aromatic nitrogens is 1. The van der Waals surface area contributed by atoms with Crippen LogP contribution in [-0.4, -0.2) is 10.6 Å². The van der Waals surface area contributed by atoms with E-state index >= 15 is 0 Å². The van der Waals surface area contributed by atoms with Gasteiger partial charge < -0.3 is 4.74 Å². The van der Waals surface area contributed by atoms with Crippen LogP contribution in [0.1, 0.15) is 35.5 Å². The van der Waals surface area contributed by atoms with Crippen LogP contribution in [0.4, 0.5) is 13.2 Å². The first kappa shape index (κ1) is 15.8. The van der Waals surface area contributed by atoms with Crippen LogP contribution in [0.15, 0.2) is 12.1 Å². The highest BCUT2D eigenvalue weighted by Gasteiger charge is 2.37. The zero-order chi connectivity index (χ0) is 17.0. The van der Waals surface area contributed by atoms with E-state index in [-0.39, 0.29) is 9.88 Å². The molecule has 1 aromatic carbocycles. The highest BCUT2D eigenvalue weighted by molar-refractivity contribution is 7.15. The molecular weight excluding hydrogens is 325 g/mol. The maximum Gasteiger partial charge on any atom is 0.434 e. The van der Waals surface area contributed by atoms with E-state index in [1.165, 1.54) is 6.92 Å². The van der Waals surface area contributed by atoms with E-state index in [1.54, 1.807) is 12.1 Å². The lowest BCUT2D eigenvalue weighted by atomic mass is 9.98. The minimum atomic E-state index is -4.47. The number of aryl methyl sites for hydroxylation is 1. The van der Waals surface area contributed by atoms with E-state index < -0.39 is 17.5 Å². The number of alkyl halides is 3. The van der Waals surface area contributed by atoms with Gasteiger partial charge in [0.15, 0.2) is 5.69 Å². The first-order chi connectivity index (χ1) is 10.6. The number of ether oxygens (including phenoxy) is 1. The molecule has 0 aliphatic carbocycles. The van der Waals surface area contributed by atoms with Gasteiger partial charge in [0, 0.05) is 22.4 Å². The summed E-state index contributed by atoms with van der Waals surface area (Å²) in [6.45, 7) is 5.21. The first-order valence-electron chi connectivity index (χ1n) is 6.92. The molecule has 0 fully saturated rings. The molecule has 0 N–H and O–H groups in total. The predicted octanol–water partition coefficient (Wildman–Crippen LogP) is 4.72. The molecule has 3 rings (SSSR count). The van der Waals surface area contributed by atoms with Crippen molar-refractivity contribution in [2.45, 2.75) is 39.0 Å². The monoisotopic (exact) mass is 338 g/mol. The normalized spacial score (nSPS) is 15.9. The molecule has 120 valence electrons. The Bertz CT molecular complexity index is 831. The third-order valence-electron chi connectivity index (χ3n) is 3.59. The Morgan fingerprint density at radius 2 is 2.04 bits per heavy atom. The largest absolute Gasteiger partial charge is 0.486 e. The fraction of sp³-hybridized carbons (Fsp3) is 0.375. The van der Waals surface area contributed by atoms with Gasteiger partial charge in [-0.2, -0.15) is 18.4 Å². The predicted molar refractivity (Wildman–Crippen MR) is 80.4 cm³/mol. The molecule has 0 unspecified atom stereocenters. The van der Waals surface area contributed by atoms with E-state index in [4.69, 9.17) is 4.74 Å². The standard InChI is InChI=1S/C16H13F3N2OS/c1-8-13(16(17,18)19)21-14(23-8)9-4-10-6-15(2,3)22-12(10)11(5-9)7-20/h4-5H,6H2,1-3H3. The van der Waals surface area contributed by atoms with E-state index in [0.717, 1.165) is 16.9 Å². The van der Waals surface area contributed by atoms with Crippen molar-refractivity contribution in [1.29, 1.82) is 5.26 Å². The first-order valence-corrected chi connectivity index (χ1v) is 7.73. The summed E-state index contributed by atoms with van der Waals surface area (Å²) in [5.74, 6) is 0.519. The minimum absolute atomic E-state index is 0.114. The Labute approximate surface area is 135 Å². The van der Waals surface area contributed by atoms with E-state index in [9.17, 15) is 18.4 Å².